The van der Waals surface area contributed by atoms with Gasteiger partial charge in [-0.2, -0.15) is 0 Å². The molecule has 1 rings (SSSR count). The lowest BCUT2D eigenvalue weighted by Gasteiger charge is -2.24. The molecule has 0 spiro atoms. The fraction of sp³-hybridized carbons (Fsp3) is 0.533. The molecule has 0 heterocycles. The maximum absolute atomic E-state index is 13.2. The van der Waals surface area contributed by atoms with Crippen LogP contribution in [0.15, 0.2) is 18.2 Å². The van der Waals surface area contributed by atoms with E-state index in [0.717, 1.165) is 18.4 Å². The van der Waals surface area contributed by atoms with Crippen molar-refractivity contribution in [2.75, 3.05) is 13.1 Å². The normalized spacial score (nSPS) is 11.4. The molecule has 19 heavy (non-hydrogen) atoms. The van der Waals surface area contributed by atoms with E-state index in [0.29, 0.717) is 18.7 Å². The number of hydrogen-bond donors (Lipinski definition) is 2. The maximum Gasteiger partial charge on any atom is 0.251 e. The minimum atomic E-state index is -0.382. The SMILES string of the molecule is Cc1cc(F)cc(C(=O)NCC(C)(C)CCCN)c1. The van der Waals surface area contributed by atoms with Gasteiger partial charge in [0.1, 0.15) is 5.82 Å². The Morgan fingerprint density at radius 1 is 1.37 bits per heavy atom. The van der Waals surface area contributed by atoms with Gasteiger partial charge in [-0.05, 0) is 55.5 Å². The Morgan fingerprint density at radius 2 is 2.05 bits per heavy atom. The second-order valence-electron chi connectivity index (χ2n) is 5.76. The van der Waals surface area contributed by atoms with Gasteiger partial charge in [0.25, 0.3) is 5.91 Å². The molecule has 1 aromatic rings. The van der Waals surface area contributed by atoms with Crippen molar-refractivity contribution in [3.63, 3.8) is 0 Å². The van der Waals surface area contributed by atoms with Crippen molar-refractivity contribution >= 4 is 5.91 Å². The van der Waals surface area contributed by atoms with Crippen LogP contribution in [0.3, 0.4) is 0 Å². The quantitative estimate of drug-likeness (QED) is 0.831. The minimum Gasteiger partial charge on any atom is -0.352 e. The van der Waals surface area contributed by atoms with E-state index in [4.69, 9.17) is 5.73 Å². The summed E-state index contributed by atoms with van der Waals surface area (Å²) in [5.74, 6) is -0.615. The topological polar surface area (TPSA) is 55.1 Å². The number of carbonyl (C=O) groups excluding carboxylic acids is 1. The van der Waals surface area contributed by atoms with Crippen LogP contribution in [0.25, 0.3) is 0 Å². The average Bonchev–Trinajstić information content (AvgIpc) is 2.32. The smallest absolute Gasteiger partial charge is 0.251 e. The van der Waals surface area contributed by atoms with E-state index in [2.05, 4.69) is 19.2 Å². The molecule has 0 saturated heterocycles. The average molecular weight is 266 g/mol. The van der Waals surface area contributed by atoms with Crippen LogP contribution in [-0.2, 0) is 0 Å². The van der Waals surface area contributed by atoms with Crippen LogP contribution in [0.4, 0.5) is 4.39 Å². The van der Waals surface area contributed by atoms with Crippen molar-refractivity contribution < 1.29 is 9.18 Å². The van der Waals surface area contributed by atoms with Crippen molar-refractivity contribution in [2.24, 2.45) is 11.1 Å². The zero-order valence-electron chi connectivity index (χ0n) is 11.9. The highest BCUT2D eigenvalue weighted by Crippen LogP contribution is 2.20. The van der Waals surface area contributed by atoms with Gasteiger partial charge in [-0.15, -0.1) is 0 Å². The van der Waals surface area contributed by atoms with Crippen molar-refractivity contribution in [1.29, 1.82) is 0 Å². The lowest BCUT2D eigenvalue weighted by molar-refractivity contribution is 0.0934. The highest BCUT2D eigenvalue weighted by atomic mass is 19.1. The largest absolute Gasteiger partial charge is 0.352 e. The predicted octanol–water partition coefficient (Wildman–Crippen LogP) is 2.63. The molecule has 0 saturated carbocycles. The van der Waals surface area contributed by atoms with Gasteiger partial charge in [-0.1, -0.05) is 13.8 Å². The number of benzene rings is 1. The van der Waals surface area contributed by atoms with Crippen LogP contribution in [0.5, 0.6) is 0 Å². The molecule has 0 radical (unpaired) electrons. The van der Waals surface area contributed by atoms with Gasteiger partial charge < -0.3 is 11.1 Å². The summed E-state index contributed by atoms with van der Waals surface area (Å²) in [6.07, 6.45) is 1.88. The second-order valence-corrected chi connectivity index (χ2v) is 5.76. The monoisotopic (exact) mass is 266 g/mol. The van der Waals surface area contributed by atoms with Crippen LogP contribution >= 0.6 is 0 Å². The molecule has 0 aliphatic heterocycles. The van der Waals surface area contributed by atoms with E-state index in [9.17, 15) is 9.18 Å². The molecule has 1 amide bonds. The second kappa shape index (κ2) is 6.66. The van der Waals surface area contributed by atoms with Crippen molar-refractivity contribution in [1.82, 2.24) is 5.32 Å². The summed E-state index contributed by atoms with van der Waals surface area (Å²) in [6.45, 7) is 7.15. The fourth-order valence-electron chi connectivity index (χ4n) is 1.96. The number of nitrogens with two attached hydrogens (primary N) is 1. The Morgan fingerprint density at radius 3 is 2.63 bits per heavy atom. The lowest BCUT2D eigenvalue weighted by atomic mass is 9.87. The summed E-state index contributed by atoms with van der Waals surface area (Å²) < 4.78 is 13.2. The molecule has 0 atom stereocenters. The molecule has 3 N–H and O–H groups in total. The number of amides is 1. The first kappa shape index (κ1) is 15.6. The summed E-state index contributed by atoms with van der Waals surface area (Å²) in [7, 11) is 0. The first-order valence-corrected chi connectivity index (χ1v) is 6.59. The number of hydrogen-bond acceptors (Lipinski definition) is 2. The zero-order chi connectivity index (χ0) is 14.5. The molecule has 0 bridgehead atoms. The summed E-state index contributed by atoms with van der Waals surface area (Å²) in [5.41, 5.74) is 6.60. The molecule has 0 aliphatic carbocycles. The number of halogens is 1. The zero-order valence-corrected chi connectivity index (χ0v) is 11.9. The van der Waals surface area contributed by atoms with Gasteiger partial charge in [0.05, 0.1) is 0 Å². The van der Waals surface area contributed by atoms with E-state index in [1.54, 1.807) is 13.0 Å². The number of carbonyl (C=O) groups is 1. The third-order valence-corrected chi connectivity index (χ3v) is 3.09. The highest BCUT2D eigenvalue weighted by Gasteiger charge is 2.18. The lowest BCUT2D eigenvalue weighted by Crippen LogP contribution is -2.34. The summed E-state index contributed by atoms with van der Waals surface area (Å²) in [4.78, 5) is 12.0. The van der Waals surface area contributed by atoms with Gasteiger partial charge in [0.2, 0.25) is 0 Å². The number of aryl methyl sites for hydroxylation is 1. The van der Waals surface area contributed by atoms with Gasteiger partial charge >= 0.3 is 0 Å². The van der Waals surface area contributed by atoms with Crippen LogP contribution in [0.1, 0.15) is 42.6 Å². The Hall–Kier alpha value is -1.42. The maximum atomic E-state index is 13.2. The van der Waals surface area contributed by atoms with Crippen LogP contribution in [0, 0.1) is 18.2 Å². The van der Waals surface area contributed by atoms with Gasteiger partial charge in [0, 0.05) is 12.1 Å². The van der Waals surface area contributed by atoms with Gasteiger partial charge in [-0.25, -0.2) is 4.39 Å². The van der Waals surface area contributed by atoms with Crippen molar-refractivity contribution in [3.05, 3.63) is 35.1 Å². The van der Waals surface area contributed by atoms with Gasteiger partial charge in [0.15, 0.2) is 0 Å². The molecule has 0 aliphatic rings. The van der Waals surface area contributed by atoms with E-state index in [-0.39, 0.29) is 17.1 Å². The van der Waals surface area contributed by atoms with E-state index >= 15 is 0 Å². The van der Waals surface area contributed by atoms with E-state index in [1.807, 2.05) is 0 Å². The molecule has 3 nitrogen and oxygen atoms in total. The fourth-order valence-corrected chi connectivity index (χ4v) is 1.96. The van der Waals surface area contributed by atoms with Crippen molar-refractivity contribution in [2.45, 2.75) is 33.6 Å². The van der Waals surface area contributed by atoms with E-state index < -0.39 is 0 Å². The van der Waals surface area contributed by atoms with Crippen molar-refractivity contribution in [3.8, 4) is 0 Å². The molecule has 4 heteroatoms. The van der Waals surface area contributed by atoms with Crippen LogP contribution < -0.4 is 11.1 Å². The number of nitrogens with one attached hydrogen (secondary N) is 1. The molecular formula is C15H23FN2O. The third kappa shape index (κ3) is 5.39. The molecule has 1 aromatic carbocycles. The molecule has 0 aromatic heterocycles. The first-order valence-electron chi connectivity index (χ1n) is 6.59. The molecule has 0 fully saturated rings. The molecule has 106 valence electrons. The van der Waals surface area contributed by atoms with Crippen LogP contribution in [0.2, 0.25) is 0 Å². The Balaban J connectivity index is 2.60. The first-order chi connectivity index (χ1) is 8.84. The standard InChI is InChI=1S/C15H23FN2O/c1-11-7-12(9-13(16)8-11)14(19)18-10-15(2,3)5-4-6-17/h7-9H,4-6,10,17H2,1-3H3,(H,18,19). The summed E-state index contributed by atoms with van der Waals surface area (Å²) >= 11 is 0. The predicted molar refractivity (Wildman–Crippen MR) is 75.5 cm³/mol. The molecule has 0 unspecified atom stereocenters. The van der Waals surface area contributed by atoms with Crippen LogP contribution in [-0.4, -0.2) is 19.0 Å². The minimum absolute atomic E-state index is 0.00258. The Labute approximate surface area is 114 Å². The third-order valence-electron chi connectivity index (χ3n) is 3.09. The highest BCUT2D eigenvalue weighted by molar-refractivity contribution is 5.94. The molecular weight excluding hydrogens is 243 g/mol. The Bertz CT molecular complexity index is 424. The number of rotatable bonds is 6. The Kier molecular flexibility index (Phi) is 5.48. The van der Waals surface area contributed by atoms with E-state index in [1.165, 1.54) is 12.1 Å². The summed E-state index contributed by atoms with van der Waals surface area (Å²) in [5, 5.41) is 2.86. The summed E-state index contributed by atoms with van der Waals surface area (Å²) in [6, 6.07) is 4.35. The van der Waals surface area contributed by atoms with Gasteiger partial charge in [-0.3, -0.25) is 4.79 Å².